The molecule has 21 heavy (non-hydrogen) atoms. The fraction of sp³-hybridized carbons (Fsp3) is 0.647. The first-order chi connectivity index (χ1) is 10.2. The van der Waals surface area contributed by atoms with E-state index in [1.54, 1.807) is 14.2 Å². The highest BCUT2D eigenvalue weighted by Gasteiger charge is 2.18. The molecule has 1 rings (SSSR count). The summed E-state index contributed by atoms with van der Waals surface area (Å²) in [5.74, 6) is 1.77. The minimum atomic E-state index is 0.230. The van der Waals surface area contributed by atoms with Crippen LogP contribution in [-0.2, 0) is 0 Å². The Labute approximate surface area is 129 Å². The number of nitrogens with one attached hydrogen (secondary N) is 1. The van der Waals surface area contributed by atoms with Gasteiger partial charge in [-0.25, -0.2) is 0 Å². The first kappa shape index (κ1) is 17.8. The molecular weight excluding hydrogens is 264 g/mol. The first-order valence-electron chi connectivity index (χ1n) is 7.81. The van der Waals surface area contributed by atoms with Crippen LogP contribution >= 0.6 is 0 Å². The lowest BCUT2D eigenvalue weighted by molar-refractivity contribution is 0.244. The fourth-order valence-electron chi connectivity index (χ4n) is 2.64. The van der Waals surface area contributed by atoms with Crippen LogP contribution in [0.5, 0.6) is 11.5 Å². The van der Waals surface area contributed by atoms with E-state index in [9.17, 15) is 0 Å². The molecular formula is C17H30N2O2. The lowest BCUT2D eigenvalue weighted by Crippen LogP contribution is -2.35. The zero-order valence-corrected chi connectivity index (χ0v) is 14.1. The third kappa shape index (κ3) is 5.21. The van der Waals surface area contributed by atoms with Crippen LogP contribution in [-0.4, -0.2) is 45.8 Å². The summed E-state index contributed by atoms with van der Waals surface area (Å²) in [5.41, 5.74) is 1.15. The maximum Gasteiger partial charge on any atom is 0.123 e. The summed E-state index contributed by atoms with van der Waals surface area (Å²) in [7, 11) is 5.41. The van der Waals surface area contributed by atoms with Gasteiger partial charge in [-0.05, 0) is 51.2 Å². The molecule has 0 aliphatic carbocycles. The lowest BCUT2D eigenvalue weighted by Gasteiger charge is -2.28. The smallest absolute Gasteiger partial charge is 0.123 e. The van der Waals surface area contributed by atoms with E-state index in [0.717, 1.165) is 36.7 Å². The van der Waals surface area contributed by atoms with E-state index >= 15 is 0 Å². The number of methoxy groups -OCH3 is 2. The minimum Gasteiger partial charge on any atom is -0.497 e. The molecule has 4 heteroatoms. The molecule has 0 aliphatic heterocycles. The zero-order valence-electron chi connectivity index (χ0n) is 14.1. The fourth-order valence-corrected chi connectivity index (χ4v) is 2.64. The second-order valence-electron chi connectivity index (χ2n) is 5.25. The Kier molecular flexibility index (Phi) is 8.16. The number of hydrogen-bond acceptors (Lipinski definition) is 4. The molecule has 0 fully saturated rings. The van der Waals surface area contributed by atoms with Gasteiger partial charge < -0.3 is 19.7 Å². The van der Waals surface area contributed by atoms with Gasteiger partial charge in [0.05, 0.1) is 14.2 Å². The van der Waals surface area contributed by atoms with Gasteiger partial charge in [0.1, 0.15) is 11.5 Å². The Morgan fingerprint density at radius 2 is 1.76 bits per heavy atom. The van der Waals surface area contributed by atoms with Crippen molar-refractivity contribution in [3.63, 3.8) is 0 Å². The lowest BCUT2D eigenvalue weighted by atomic mass is 10.0. The third-order valence-electron chi connectivity index (χ3n) is 3.68. The number of hydrogen-bond donors (Lipinski definition) is 1. The van der Waals surface area contributed by atoms with Crippen LogP contribution in [0.4, 0.5) is 0 Å². The van der Waals surface area contributed by atoms with Crippen molar-refractivity contribution in [2.24, 2.45) is 0 Å². The number of nitrogens with zero attached hydrogens (tertiary/aromatic N) is 1. The number of likely N-dealkylation sites (N-methyl/N-ethyl adjacent to an activating group) is 1. The molecule has 0 aliphatic rings. The van der Waals surface area contributed by atoms with Crippen molar-refractivity contribution in [1.82, 2.24) is 10.2 Å². The quantitative estimate of drug-likeness (QED) is 0.719. The zero-order chi connectivity index (χ0) is 15.7. The molecule has 0 radical (unpaired) electrons. The molecule has 0 aromatic heterocycles. The molecule has 0 heterocycles. The van der Waals surface area contributed by atoms with E-state index in [1.165, 1.54) is 12.8 Å². The predicted molar refractivity (Wildman–Crippen MR) is 88.4 cm³/mol. The van der Waals surface area contributed by atoms with Crippen molar-refractivity contribution in [3.8, 4) is 11.5 Å². The van der Waals surface area contributed by atoms with Gasteiger partial charge in [0.25, 0.3) is 0 Å². The predicted octanol–water partition coefficient (Wildman–Crippen LogP) is 3.09. The molecule has 120 valence electrons. The van der Waals surface area contributed by atoms with Crippen molar-refractivity contribution in [1.29, 1.82) is 0 Å². The van der Waals surface area contributed by atoms with Crippen molar-refractivity contribution >= 4 is 0 Å². The van der Waals surface area contributed by atoms with Crippen molar-refractivity contribution in [2.45, 2.75) is 32.7 Å². The highest BCUT2D eigenvalue weighted by molar-refractivity contribution is 5.42. The normalized spacial score (nSPS) is 12.5. The summed E-state index contributed by atoms with van der Waals surface area (Å²) in [6.07, 6.45) is 2.34. The Morgan fingerprint density at radius 1 is 1.10 bits per heavy atom. The van der Waals surface area contributed by atoms with Crippen LogP contribution in [0.15, 0.2) is 18.2 Å². The number of ether oxygens (including phenoxy) is 2. The Hall–Kier alpha value is -1.26. The Bertz CT molecular complexity index is 404. The molecule has 0 spiro atoms. The summed E-state index contributed by atoms with van der Waals surface area (Å²) in [6, 6.07) is 6.21. The van der Waals surface area contributed by atoms with Crippen LogP contribution in [0.1, 0.15) is 38.3 Å². The van der Waals surface area contributed by atoms with E-state index in [0.29, 0.717) is 0 Å². The van der Waals surface area contributed by atoms with Gasteiger partial charge in [-0.3, -0.25) is 0 Å². The highest BCUT2D eigenvalue weighted by atomic mass is 16.5. The molecule has 0 saturated heterocycles. The average Bonchev–Trinajstić information content (AvgIpc) is 2.52. The third-order valence-corrected chi connectivity index (χ3v) is 3.68. The van der Waals surface area contributed by atoms with Gasteiger partial charge in [0.15, 0.2) is 0 Å². The maximum absolute atomic E-state index is 5.52. The largest absolute Gasteiger partial charge is 0.497 e. The van der Waals surface area contributed by atoms with E-state index in [4.69, 9.17) is 9.47 Å². The Morgan fingerprint density at radius 3 is 2.24 bits per heavy atom. The van der Waals surface area contributed by atoms with Crippen LogP contribution in [0.25, 0.3) is 0 Å². The topological polar surface area (TPSA) is 33.7 Å². The minimum absolute atomic E-state index is 0.230. The van der Waals surface area contributed by atoms with E-state index in [-0.39, 0.29) is 6.04 Å². The van der Waals surface area contributed by atoms with E-state index in [2.05, 4.69) is 30.1 Å². The summed E-state index contributed by atoms with van der Waals surface area (Å²) < 4.78 is 10.9. The van der Waals surface area contributed by atoms with Gasteiger partial charge in [0, 0.05) is 18.2 Å². The van der Waals surface area contributed by atoms with Crippen molar-refractivity contribution in [2.75, 3.05) is 40.9 Å². The van der Waals surface area contributed by atoms with E-state index < -0.39 is 0 Å². The molecule has 0 bridgehead atoms. The second-order valence-corrected chi connectivity index (χ2v) is 5.25. The summed E-state index contributed by atoms with van der Waals surface area (Å²) in [6.45, 7) is 7.67. The second kappa shape index (κ2) is 9.64. The van der Waals surface area contributed by atoms with Crippen LogP contribution < -0.4 is 14.8 Å². The molecule has 4 nitrogen and oxygen atoms in total. The van der Waals surface area contributed by atoms with Gasteiger partial charge in [0.2, 0.25) is 0 Å². The highest BCUT2D eigenvalue weighted by Crippen LogP contribution is 2.29. The molecule has 1 aromatic rings. The molecule has 1 aromatic carbocycles. The first-order valence-corrected chi connectivity index (χ1v) is 7.81. The van der Waals surface area contributed by atoms with Crippen molar-refractivity contribution in [3.05, 3.63) is 23.8 Å². The van der Waals surface area contributed by atoms with Gasteiger partial charge in [-0.15, -0.1) is 0 Å². The maximum atomic E-state index is 5.52. The van der Waals surface area contributed by atoms with Crippen molar-refractivity contribution < 1.29 is 9.47 Å². The average molecular weight is 294 g/mol. The van der Waals surface area contributed by atoms with Gasteiger partial charge in [-0.2, -0.15) is 0 Å². The van der Waals surface area contributed by atoms with E-state index in [1.807, 2.05) is 19.2 Å². The standard InChI is InChI=1S/C17H30N2O2/c1-6-10-19(11-7-2)13-16(18-3)15-12-14(20-4)8-9-17(15)21-5/h8-9,12,16,18H,6-7,10-11,13H2,1-5H3. The Balaban J connectivity index is 2.96. The van der Waals surface area contributed by atoms with Crippen LogP contribution in [0, 0.1) is 0 Å². The molecule has 0 saturated carbocycles. The molecule has 1 unspecified atom stereocenters. The summed E-state index contributed by atoms with van der Waals surface area (Å²) in [4.78, 5) is 2.50. The SMILES string of the molecule is CCCN(CCC)CC(NC)c1cc(OC)ccc1OC. The monoisotopic (exact) mass is 294 g/mol. The summed E-state index contributed by atoms with van der Waals surface area (Å²) >= 11 is 0. The van der Waals surface area contributed by atoms with Crippen LogP contribution in [0.2, 0.25) is 0 Å². The van der Waals surface area contributed by atoms with Gasteiger partial charge >= 0.3 is 0 Å². The van der Waals surface area contributed by atoms with Gasteiger partial charge in [-0.1, -0.05) is 13.8 Å². The summed E-state index contributed by atoms with van der Waals surface area (Å²) in [5, 5.41) is 3.41. The molecule has 1 atom stereocenters. The molecule has 0 amide bonds. The molecule has 1 N–H and O–H groups in total. The van der Waals surface area contributed by atoms with Crippen LogP contribution in [0.3, 0.4) is 0 Å². The number of rotatable bonds is 10. The number of benzene rings is 1.